The Balaban J connectivity index is 2.41. The van der Waals surface area contributed by atoms with Crippen molar-refractivity contribution in [3.63, 3.8) is 0 Å². The molecule has 0 aliphatic heterocycles. The van der Waals surface area contributed by atoms with E-state index in [9.17, 15) is 0 Å². The summed E-state index contributed by atoms with van der Waals surface area (Å²) in [6, 6.07) is 0. The van der Waals surface area contributed by atoms with E-state index in [1.807, 2.05) is 6.26 Å². The molecule has 0 spiro atoms. The van der Waals surface area contributed by atoms with Gasteiger partial charge in [-0.05, 0) is 44.5 Å². The number of rotatable bonds is 2. The third-order valence-electron chi connectivity index (χ3n) is 1.76. The highest BCUT2D eigenvalue weighted by Gasteiger charge is 2.13. The van der Waals surface area contributed by atoms with Crippen molar-refractivity contribution in [1.82, 2.24) is 0 Å². The van der Waals surface area contributed by atoms with Crippen LogP contribution in [0.25, 0.3) is 0 Å². The summed E-state index contributed by atoms with van der Waals surface area (Å²) in [4.78, 5) is 0. The van der Waals surface area contributed by atoms with E-state index >= 15 is 0 Å². The van der Waals surface area contributed by atoms with Gasteiger partial charge in [-0.2, -0.15) is 0 Å². The molecule has 1 rings (SSSR count). The van der Waals surface area contributed by atoms with Gasteiger partial charge in [0, 0.05) is 0 Å². The normalized spacial score (nSPS) is 21.4. The largest absolute Gasteiger partial charge is 0.550 e. The second-order valence-corrected chi connectivity index (χ2v) is 8.68. The Morgan fingerprint density at radius 3 is 2.58 bits per heavy atom. The number of allylic oxidation sites excluding steroid dienone is 3. The van der Waals surface area contributed by atoms with Gasteiger partial charge in [-0.15, -0.1) is 0 Å². The number of hydrogen-bond donors (Lipinski definition) is 0. The lowest BCUT2D eigenvalue weighted by Crippen LogP contribution is -2.22. The smallest absolute Gasteiger partial charge is 0.241 e. The van der Waals surface area contributed by atoms with Gasteiger partial charge in [0.15, 0.2) is 0 Å². The molecule has 1 nitrogen and oxygen atoms in total. The molecule has 0 fully saturated rings. The molecule has 0 aromatic heterocycles. The summed E-state index contributed by atoms with van der Waals surface area (Å²) >= 11 is 0. The van der Waals surface area contributed by atoms with Gasteiger partial charge >= 0.3 is 0 Å². The summed E-state index contributed by atoms with van der Waals surface area (Å²) in [5.41, 5.74) is 1.44. The summed E-state index contributed by atoms with van der Waals surface area (Å²) in [5, 5.41) is 0. The molecule has 0 saturated heterocycles. The van der Waals surface area contributed by atoms with E-state index in [4.69, 9.17) is 4.43 Å². The Hall–Kier alpha value is -0.503. The first kappa shape index (κ1) is 9.58. The zero-order valence-corrected chi connectivity index (χ0v) is 9.26. The minimum atomic E-state index is -1.34. The predicted molar refractivity (Wildman–Crippen MR) is 55.5 cm³/mol. The van der Waals surface area contributed by atoms with Crippen molar-refractivity contribution in [2.75, 3.05) is 0 Å². The second kappa shape index (κ2) is 3.94. The van der Waals surface area contributed by atoms with Crippen LogP contribution in [0.3, 0.4) is 0 Å². The zero-order chi connectivity index (χ0) is 9.03. The topological polar surface area (TPSA) is 9.23 Å². The van der Waals surface area contributed by atoms with Crippen LogP contribution in [0, 0.1) is 0 Å². The SMILES string of the molecule is C[Si](C)(C)O/C=C1/CC=CCC1. The Kier molecular flexibility index (Phi) is 3.15. The van der Waals surface area contributed by atoms with E-state index in [1.54, 1.807) is 0 Å². The van der Waals surface area contributed by atoms with Gasteiger partial charge in [0.05, 0.1) is 6.26 Å². The van der Waals surface area contributed by atoms with Crippen LogP contribution in [0.4, 0.5) is 0 Å². The lowest BCUT2D eigenvalue weighted by Gasteiger charge is -2.17. The van der Waals surface area contributed by atoms with E-state index in [2.05, 4.69) is 31.8 Å². The molecule has 0 amide bonds. The van der Waals surface area contributed by atoms with E-state index < -0.39 is 8.32 Å². The average molecular weight is 182 g/mol. The maximum Gasteiger partial charge on any atom is 0.241 e. The molecule has 68 valence electrons. The van der Waals surface area contributed by atoms with Crippen LogP contribution in [0.5, 0.6) is 0 Å². The van der Waals surface area contributed by atoms with Crippen molar-refractivity contribution in [3.8, 4) is 0 Å². The van der Waals surface area contributed by atoms with Crippen molar-refractivity contribution in [1.29, 1.82) is 0 Å². The van der Waals surface area contributed by atoms with E-state index in [0.717, 1.165) is 6.42 Å². The molecule has 0 heterocycles. The Labute approximate surface area is 76.3 Å². The van der Waals surface area contributed by atoms with Gasteiger partial charge in [-0.3, -0.25) is 0 Å². The van der Waals surface area contributed by atoms with Crippen molar-refractivity contribution < 1.29 is 4.43 Å². The van der Waals surface area contributed by atoms with Crippen molar-refractivity contribution in [2.45, 2.75) is 38.9 Å². The molecule has 0 aromatic rings. The molecule has 0 atom stereocenters. The van der Waals surface area contributed by atoms with Crippen LogP contribution in [-0.2, 0) is 4.43 Å². The molecular formula is C10H18OSi. The number of hydrogen-bond acceptors (Lipinski definition) is 1. The molecule has 2 heteroatoms. The van der Waals surface area contributed by atoms with Crippen LogP contribution < -0.4 is 0 Å². The van der Waals surface area contributed by atoms with Crippen LogP contribution in [0.2, 0.25) is 19.6 Å². The molecular weight excluding hydrogens is 164 g/mol. The first-order chi connectivity index (χ1) is 5.58. The minimum Gasteiger partial charge on any atom is -0.550 e. The molecule has 1 aliphatic rings. The lowest BCUT2D eigenvalue weighted by atomic mass is 10.0. The van der Waals surface area contributed by atoms with E-state index in [0.29, 0.717) is 0 Å². The van der Waals surface area contributed by atoms with Crippen LogP contribution in [0.1, 0.15) is 19.3 Å². The quantitative estimate of drug-likeness (QED) is 0.361. The van der Waals surface area contributed by atoms with Gasteiger partial charge in [0.25, 0.3) is 0 Å². The van der Waals surface area contributed by atoms with E-state index in [1.165, 1.54) is 18.4 Å². The third kappa shape index (κ3) is 3.76. The zero-order valence-electron chi connectivity index (χ0n) is 8.26. The van der Waals surface area contributed by atoms with Crippen molar-refractivity contribution >= 4 is 8.32 Å². The fraction of sp³-hybridized carbons (Fsp3) is 0.600. The predicted octanol–water partition coefficient (Wildman–Crippen LogP) is 3.46. The van der Waals surface area contributed by atoms with Crippen LogP contribution >= 0.6 is 0 Å². The van der Waals surface area contributed by atoms with Gasteiger partial charge in [0.1, 0.15) is 0 Å². The van der Waals surface area contributed by atoms with Crippen molar-refractivity contribution in [2.24, 2.45) is 0 Å². The van der Waals surface area contributed by atoms with E-state index in [-0.39, 0.29) is 0 Å². The van der Waals surface area contributed by atoms with Gasteiger partial charge in [-0.25, -0.2) is 0 Å². The summed E-state index contributed by atoms with van der Waals surface area (Å²) < 4.78 is 5.71. The van der Waals surface area contributed by atoms with Gasteiger partial charge < -0.3 is 4.43 Å². The fourth-order valence-corrected chi connectivity index (χ4v) is 1.61. The highest BCUT2D eigenvalue weighted by molar-refractivity contribution is 6.69. The molecule has 0 radical (unpaired) electrons. The summed E-state index contributed by atoms with van der Waals surface area (Å²) in [6.45, 7) is 6.63. The van der Waals surface area contributed by atoms with Gasteiger partial charge in [0.2, 0.25) is 8.32 Å². The van der Waals surface area contributed by atoms with Crippen LogP contribution in [0.15, 0.2) is 24.0 Å². The minimum absolute atomic E-state index is 1.09. The molecule has 0 saturated carbocycles. The van der Waals surface area contributed by atoms with Gasteiger partial charge in [-0.1, -0.05) is 12.2 Å². The molecule has 1 aliphatic carbocycles. The highest BCUT2D eigenvalue weighted by atomic mass is 28.4. The first-order valence-corrected chi connectivity index (χ1v) is 7.99. The Morgan fingerprint density at radius 1 is 1.33 bits per heavy atom. The molecule has 0 aromatic carbocycles. The average Bonchev–Trinajstić information content (AvgIpc) is 2.02. The Morgan fingerprint density at radius 2 is 2.08 bits per heavy atom. The monoisotopic (exact) mass is 182 g/mol. The maximum absolute atomic E-state index is 5.71. The summed E-state index contributed by atoms with van der Waals surface area (Å²) in [5.74, 6) is 0. The standard InChI is InChI=1S/C10H18OSi/c1-12(2,3)11-9-10-7-5-4-6-8-10/h4-5,9H,6-8H2,1-3H3/b10-9-. The molecule has 12 heavy (non-hydrogen) atoms. The third-order valence-corrected chi connectivity index (χ3v) is 2.58. The fourth-order valence-electron chi connectivity index (χ4n) is 1.09. The molecule has 0 unspecified atom stereocenters. The maximum atomic E-state index is 5.71. The molecule has 0 N–H and O–H groups in total. The molecule has 0 bridgehead atoms. The van der Waals surface area contributed by atoms with Crippen molar-refractivity contribution in [3.05, 3.63) is 24.0 Å². The summed E-state index contributed by atoms with van der Waals surface area (Å²) in [7, 11) is -1.34. The van der Waals surface area contributed by atoms with Crippen LogP contribution in [-0.4, -0.2) is 8.32 Å². The Bertz CT molecular complexity index is 198. The summed E-state index contributed by atoms with van der Waals surface area (Å²) in [6.07, 6.45) is 9.91. The lowest BCUT2D eigenvalue weighted by molar-refractivity contribution is 0.469. The highest BCUT2D eigenvalue weighted by Crippen LogP contribution is 2.18. The second-order valence-electron chi connectivity index (χ2n) is 4.22. The first-order valence-electron chi connectivity index (χ1n) is 4.59.